The molecule has 0 atom stereocenters. The minimum atomic E-state index is -0.317. The van der Waals surface area contributed by atoms with Crippen LogP contribution in [0.3, 0.4) is 0 Å². The van der Waals surface area contributed by atoms with Gasteiger partial charge < -0.3 is 14.5 Å². The average Bonchev–Trinajstić information content (AvgIpc) is 2.93. The summed E-state index contributed by atoms with van der Waals surface area (Å²) in [6, 6.07) is 14.7. The van der Waals surface area contributed by atoms with Crippen molar-refractivity contribution in [2.45, 2.75) is 45.2 Å². The molecule has 3 heteroatoms. The Bertz CT molecular complexity index is 844. The minimum absolute atomic E-state index is 0.313. The Morgan fingerprint density at radius 1 is 0.818 bits per heavy atom. The first kappa shape index (κ1) is 13.8. The van der Waals surface area contributed by atoms with E-state index in [0.717, 1.165) is 16.6 Å². The predicted octanol–water partition coefficient (Wildman–Crippen LogP) is 4.92. The summed E-state index contributed by atoms with van der Waals surface area (Å²) in [4.78, 5) is 3.45. The molecule has 22 heavy (non-hydrogen) atoms. The van der Waals surface area contributed by atoms with Gasteiger partial charge in [-0.15, -0.1) is 0 Å². The topological polar surface area (TPSA) is 34.2 Å². The third-order valence-corrected chi connectivity index (χ3v) is 5.06. The molecular formula is C19H21NO2. The first-order valence-electron chi connectivity index (χ1n) is 7.73. The van der Waals surface area contributed by atoms with Crippen LogP contribution < -0.4 is 0 Å². The van der Waals surface area contributed by atoms with Crippen LogP contribution in [0.4, 0.5) is 0 Å². The summed E-state index contributed by atoms with van der Waals surface area (Å²) in [7, 11) is 0. The summed E-state index contributed by atoms with van der Waals surface area (Å²) in [6.45, 7) is 8.32. The Balaban J connectivity index is 1.82. The van der Waals surface area contributed by atoms with Crippen molar-refractivity contribution >= 4 is 21.8 Å². The lowest BCUT2D eigenvalue weighted by atomic mass is 9.90. The van der Waals surface area contributed by atoms with Gasteiger partial charge in [0.05, 0.1) is 11.2 Å². The molecule has 0 bridgehead atoms. The molecule has 1 N–H and O–H groups in total. The highest BCUT2D eigenvalue weighted by Crippen LogP contribution is 2.45. The van der Waals surface area contributed by atoms with E-state index in [2.05, 4.69) is 69.1 Å². The van der Waals surface area contributed by atoms with Gasteiger partial charge in [-0.25, -0.2) is 0 Å². The highest BCUT2D eigenvalue weighted by molar-refractivity contribution is 6.07. The van der Waals surface area contributed by atoms with Crippen molar-refractivity contribution < 1.29 is 9.47 Å². The van der Waals surface area contributed by atoms with E-state index < -0.39 is 0 Å². The van der Waals surface area contributed by atoms with E-state index in [1.54, 1.807) is 0 Å². The summed E-state index contributed by atoms with van der Waals surface area (Å²) >= 11 is 0. The van der Waals surface area contributed by atoms with Crippen LogP contribution in [-0.2, 0) is 9.47 Å². The number of nitrogens with one attached hydrogen (secondary N) is 1. The van der Waals surface area contributed by atoms with Crippen molar-refractivity contribution in [1.82, 2.24) is 4.98 Å². The Kier molecular flexibility index (Phi) is 2.72. The Morgan fingerprint density at radius 3 is 2.18 bits per heavy atom. The summed E-state index contributed by atoms with van der Waals surface area (Å²) < 4.78 is 12.3. The van der Waals surface area contributed by atoms with E-state index in [1.807, 2.05) is 6.07 Å². The second-order valence-corrected chi connectivity index (χ2v) is 7.06. The third-order valence-electron chi connectivity index (χ3n) is 5.06. The Morgan fingerprint density at radius 2 is 1.45 bits per heavy atom. The van der Waals surface area contributed by atoms with Crippen LogP contribution in [0.2, 0.25) is 0 Å². The standard InChI is InChI=1S/C19H21NO2/c1-18(2)19(3,4)22-17(21-18)12-9-10-16-14(11-12)13-7-5-6-8-15(13)20-16/h5-11,17,20H,1-4H3. The number of para-hydroxylation sites is 1. The molecule has 114 valence electrons. The number of hydrogen-bond acceptors (Lipinski definition) is 2. The fourth-order valence-corrected chi connectivity index (χ4v) is 2.99. The van der Waals surface area contributed by atoms with Gasteiger partial charge in [0.15, 0.2) is 6.29 Å². The van der Waals surface area contributed by atoms with Crippen LogP contribution in [0.25, 0.3) is 21.8 Å². The van der Waals surface area contributed by atoms with Crippen LogP contribution in [0.5, 0.6) is 0 Å². The molecule has 3 aromatic rings. The molecule has 2 heterocycles. The van der Waals surface area contributed by atoms with Gasteiger partial charge in [0.1, 0.15) is 0 Å². The molecule has 0 saturated carbocycles. The van der Waals surface area contributed by atoms with Gasteiger partial charge >= 0.3 is 0 Å². The number of fused-ring (bicyclic) bond motifs is 3. The number of rotatable bonds is 1. The fraction of sp³-hybridized carbons (Fsp3) is 0.368. The smallest absolute Gasteiger partial charge is 0.185 e. The van der Waals surface area contributed by atoms with Crippen LogP contribution in [0.15, 0.2) is 42.5 Å². The van der Waals surface area contributed by atoms with Crippen LogP contribution in [0, 0.1) is 0 Å². The van der Waals surface area contributed by atoms with Crippen molar-refractivity contribution in [3.05, 3.63) is 48.0 Å². The molecule has 1 fully saturated rings. The molecule has 1 saturated heterocycles. The van der Waals surface area contributed by atoms with E-state index >= 15 is 0 Å². The van der Waals surface area contributed by atoms with E-state index in [-0.39, 0.29) is 17.5 Å². The van der Waals surface area contributed by atoms with Gasteiger partial charge in [-0.2, -0.15) is 0 Å². The normalized spacial score (nSPS) is 20.9. The van der Waals surface area contributed by atoms with Crippen LogP contribution in [0.1, 0.15) is 39.5 Å². The van der Waals surface area contributed by atoms with Crippen molar-refractivity contribution in [3.63, 3.8) is 0 Å². The average molecular weight is 295 g/mol. The number of aromatic amines is 1. The molecule has 4 rings (SSSR count). The highest BCUT2D eigenvalue weighted by atomic mass is 16.7. The third kappa shape index (κ3) is 1.89. The van der Waals surface area contributed by atoms with E-state index in [9.17, 15) is 0 Å². The highest BCUT2D eigenvalue weighted by Gasteiger charge is 2.49. The summed E-state index contributed by atoms with van der Waals surface area (Å²) in [6.07, 6.45) is -0.317. The maximum atomic E-state index is 6.16. The molecular weight excluding hydrogens is 274 g/mol. The molecule has 0 radical (unpaired) electrons. The number of hydrogen-bond donors (Lipinski definition) is 1. The molecule has 2 aromatic carbocycles. The first-order valence-corrected chi connectivity index (χ1v) is 7.73. The molecule has 1 aromatic heterocycles. The van der Waals surface area contributed by atoms with Crippen LogP contribution >= 0.6 is 0 Å². The fourth-order valence-electron chi connectivity index (χ4n) is 2.99. The number of ether oxygens (including phenoxy) is 2. The molecule has 3 nitrogen and oxygen atoms in total. The molecule has 0 amide bonds. The van der Waals surface area contributed by atoms with E-state index in [1.165, 1.54) is 10.8 Å². The molecule has 0 spiro atoms. The lowest BCUT2D eigenvalue weighted by molar-refractivity contribution is -0.0894. The maximum Gasteiger partial charge on any atom is 0.185 e. The van der Waals surface area contributed by atoms with Gasteiger partial charge in [-0.3, -0.25) is 0 Å². The number of aromatic nitrogens is 1. The zero-order valence-electron chi connectivity index (χ0n) is 13.4. The minimum Gasteiger partial charge on any atom is -0.355 e. The second-order valence-electron chi connectivity index (χ2n) is 7.06. The lowest BCUT2D eigenvalue weighted by Crippen LogP contribution is -2.41. The molecule has 1 aliphatic heterocycles. The SMILES string of the molecule is CC1(C)OC(c2ccc3[nH]c4ccccc4c3c2)OC1(C)C. The van der Waals surface area contributed by atoms with Crippen LogP contribution in [-0.4, -0.2) is 16.2 Å². The molecule has 0 unspecified atom stereocenters. The van der Waals surface area contributed by atoms with Gasteiger partial charge in [0, 0.05) is 27.4 Å². The molecule has 0 aliphatic carbocycles. The monoisotopic (exact) mass is 295 g/mol. The second kappa shape index (κ2) is 4.34. The summed E-state index contributed by atoms with van der Waals surface area (Å²) in [5.41, 5.74) is 2.74. The zero-order valence-corrected chi connectivity index (χ0v) is 13.4. The predicted molar refractivity (Wildman–Crippen MR) is 88.9 cm³/mol. The number of benzene rings is 2. The summed E-state index contributed by atoms with van der Waals surface area (Å²) in [5, 5.41) is 2.44. The van der Waals surface area contributed by atoms with Crippen molar-refractivity contribution in [2.24, 2.45) is 0 Å². The van der Waals surface area contributed by atoms with Gasteiger partial charge in [-0.1, -0.05) is 24.3 Å². The quantitative estimate of drug-likeness (QED) is 0.691. The maximum absolute atomic E-state index is 6.16. The lowest BCUT2D eigenvalue weighted by Gasteiger charge is -2.30. The van der Waals surface area contributed by atoms with Crippen molar-refractivity contribution in [1.29, 1.82) is 0 Å². The van der Waals surface area contributed by atoms with Gasteiger partial charge in [0.25, 0.3) is 0 Å². The Hall–Kier alpha value is -1.84. The van der Waals surface area contributed by atoms with Gasteiger partial charge in [0.2, 0.25) is 0 Å². The largest absolute Gasteiger partial charge is 0.355 e. The Labute approximate surface area is 130 Å². The van der Waals surface area contributed by atoms with E-state index in [0.29, 0.717) is 0 Å². The summed E-state index contributed by atoms with van der Waals surface area (Å²) in [5.74, 6) is 0. The van der Waals surface area contributed by atoms with Crippen molar-refractivity contribution in [3.8, 4) is 0 Å². The zero-order chi connectivity index (χ0) is 15.5. The van der Waals surface area contributed by atoms with E-state index in [4.69, 9.17) is 9.47 Å². The van der Waals surface area contributed by atoms with Crippen molar-refractivity contribution in [2.75, 3.05) is 0 Å². The molecule has 1 aliphatic rings. The first-order chi connectivity index (χ1) is 10.4. The van der Waals surface area contributed by atoms with Gasteiger partial charge in [-0.05, 0) is 45.9 Å². The number of H-pyrrole nitrogens is 1.